The first-order valence-corrected chi connectivity index (χ1v) is 24.8. The Morgan fingerprint density at radius 3 is 1.55 bits per heavy atom. The first-order chi connectivity index (χ1) is 29.3. The zero-order chi connectivity index (χ0) is 46.8. The molecule has 0 saturated carbocycles. The largest absolute Gasteiger partial charge is 0.311 e. The van der Waals surface area contributed by atoms with Gasteiger partial charge in [-0.25, -0.2) is 4.98 Å². The Morgan fingerprint density at radius 1 is 0.547 bits per heavy atom. The van der Waals surface area contributed by atoms with Crippen LogP contribution in [0.2, 0.25) is 0 Å². The summed E-state index contributed by atoms with van der Waals surface area (Å²) in [6.45, 7) is 47.5. The van der Waals surface area contributed by atoms with E-state index in [-0.39, 0.29) is 44.6 Å². The molecular weight excluding hydrogens is 794 g/mol. The molecule has 0 spiro atoms. The number of hydrogen-bond acceptors (Lipinski definition) is 4. The maximum atomic E-state index is 5.75. The summed E-state index contributed by atoms with van der Waals surface area (Å²) in [5.74, 6) is 1.05. The van der Waals surface area contributed by atoms with E-state index in [0.29, 0.717) is 0 Å². The van der Waals surface area contributed by atoms with E-state index in [9.17, 15) is 0 Å². The minimum Gasteiger partial charge on any atom is -0.311 e. The van der Waals surface area contributed by atoms with Crippen molar-refractivity contribution in [1.82, 2.24) is 4.98 Å². The molecule has 1 aliphatic carbocycles. The van der Waals surface area contributed by atoms with Crippen LogP contribution in [0.1, 0.15) is 183 Å². The first-order valence-electron chi connectivity index (χ1n) is 24.0. The Bertz CT molecular complexity index is 2840. The van der Waals surface area contributed by atoms with E-state index in [4.69, 9.17) is 4.98 Å². The number of thiophene rings is 1. The topological polar surface area (TPSA) is 19.4 Å². The van der Waals surface area contributed by atoms with Crippen molar-refractivity contribution in [2.45, 2.75) is 183 Å². The van der Waals surface area contributed by atoms with Crippen molar-refractivity contribution in [1.29, 1.82) is 0 Å². The number of rotatable bonds is 2. The fraction of sp³-hybridized carbons (Fsp3) is 0.475. The van der Waals surface area contributed by atoms with Crippen LogP contribution in [0, 0.1) is 6.92 Å². The molecule has 5 heteroatoms. The smallest absolute Gasteiger partial charge is 0.266 e. The van der Waals surface area contributed by atoms with Gasteiger partial charge in [0.1, 0.15) is 5.82 Å². The van der Waals surface area contributed by atoms with E-state index < -0.39 is 0 Å². The average molecular weight is 868 g/mol. The molecule has 0 bridgehead atoms. The summed E-state index contributed by atoms with van der Waals surface area (Å²) in [6, 6.07) is 29.6. The number of fused-ring (bicyclic) bond motifs is 8. The van der Waals surface area contributed by atoms with E-state index >= 15 is 0 Å². The number of aryl methyl sites for hydroxylation is 1. The van der Waals surface area contributed by atoms with Crippen LogP contribution in [0.15, 0.2) is 72.8 Å². The normalized spacial score (nSPS) is 16.8. The zero-order valence-electron chi connectivity index (χ0n) is 43.0. The predicted molar refractivity (Wildman–Crippen MR) is 283 cm³/mol. The van der Waals surface area contributed by atoms with Crippen molar-refractivity contribution < 1.29 is 0 Å². The number of anilines is 6. The maximum absolute atomic E-state index is 5.75. The van der Waals surface area contributed by atoms with Gasteiger partial charge in [0.2, 0.25) is 0 Å². The van der Waals surface area contributed by atoms with Crippen molar-refractivity contribution in [3.05, 3.63) is 117 Å². The molecule has 334 valence electrons. The third kappa shape index (κ3) is 7.08. The predicted octanol–water partition coefficient (Wildman–Crippen LogP) is 15.1. The summed E-state index contributed by atoms with van der Waals surface area (Å²) in [5.41, 5.74) is 19.7. The molecule has 2 aliphatic heterocycles. The summed E-state index contributed by atoms with van der Waals surface area (Å²) >= 11 is 2.00. The van der Waals surface area contributed by atoms with E-state index in [1.54, 1.807) is 0 Å². The van der Waals surface area contributed by atoms with Crippen LogP contribution in [0.5, 0.6) is 0 Å². The minimum absolute atomic E-state index is 0.00163. The number of hydrogen-bond donors (Lipinski definition) is 0. The van der Waals surface area contributed by atoms with Crippen LogP contribution in [-0.4, -0.2) is 11.7 Å². The van der Waals surface area contributed by atoms with Gasteiger partial charge in [-0.05, 0) is 144 Å². The van der Waals surface area contributed by atoms with Gasteiger partial charge in [0.25, 0.3) is 6.71 Å². The first kappa shape index (κ1) is 44.8. The quantitative estimate of drug-likeness (QED) is 0.161. The van der Waals surface area contributed by atoms with Crippen LogP contribution >= 0.6 is 11.3 Å². The highest BCUT2D eigenvalue weighted by Crippen LogP contribution is 2.57. The van der Waals surface area contributed by atoms with Crippen LogP contribution < -0.4 is 25.5 Å². The third-order valence-electron chi connectivity index (χ3n) is 14.8. The van der Waals surface area contributed by atoms with Gasteiger partial charge in [-0.15, -0.1) is 11.3 Å². The molecule has 0 unspecified atom stereocenters. The van der Waals surface area contributed by atoms with Gasteiger partial charge in [-0.2, -0.15) is 0 Å². The standard InChI is InChI=1S/C59H74BN3S/c1-34-25-45-48-52(61-34)63(41-30-38(56(11,12)13)27-39(31-41)57(14,15)16)49-42-32-35(53(2,3)4)21-24-46(42)64-51(49)60(48)44-23-22-43-47(59(19,20)33-58(43,17)18)50(44)62(45)40-28-36(54(5,6)7)26-37(29-40)55(8,9)10/h21-32H,33H2,1-20H3. The van der Waals surface area contributed by atoms with Crippen molar-refractivity contribution in [3.63, 3.8) is 0 Å². The fourth-order valence-corrected chi connectivity index (χ4v) is 12.6. The molecule has 4 aromatic carbocycles. The molecule has 2 aromatic heterocycles. The second kappa shape index (κ2) is 13.8. The van der Waals surface area contributed by atoms with E-state index in [2.05, 4.69) is 221 Å². The number of aromatic nitrogens is 1. The molecule has 0 radical (unpaired) electrons. The van der Waals surface area contributed by atoms with Gasteiger partial charge in [0.15, 0.2) is 0 Å². The lowest BCUT2D eigenvalue weighted by Gasteiger charge is -2.45. The van der Waals surface area contributed by atoms with Gasteiger partial charge in [-0.3, -0.25) is 4.90 Å². The summed E-state index contributed by atoms with van der Waals surface area (Å²) in [7, 11) is 0. The highest BCUT2D eigenvalue weighted by molar-refractivity contribution is 7.33. The monoisotopic (exact) mass is 868 g/mol. The Labute approximate surface area is 391 Å². The third-order valence-corrected chi connectivity index (χ3v) is 16.0. The highest BCUT2D eigenvalue weighted by Gasteiger charge is 2.51. The molecular formula is C59H74BN3S. The van der Waals surface area contributed by atoms with Crippen LogP contribution in [-0.2, 0) is 37.9 Å². The SMILES string of the molecule is Cc1cc2c3c(n1)N(c1cc(C(C)(C)C)cc(C(C)(C)C)c1)c1c(sc4ccc(C(C)(C)C)cc14)B3c1ccc3c(c1N2c1cc(C(C)(C)C)cc(C(C)(C)C)c1)C(C)(C)CC3(C)C. The van der Waals surface area contributed by atoms with Crippen molar-refractivity contribution >= 4 is 78.1 Å². The van der Waals surface area contributed by atoms with Gasteiger partial charge in [0.05, 0.1) is 5.69 Å². The minimum atomic E-state index is -0.0493. The number of benzene rings is 4. The summed E-state index contributed by atoms with van der Waals surface area (Å²) < 4.78 is 2.74. The molecule has 3 nitrogen and oxygen atoms in total. The molecule has 0 amide bonds. The molecule has 64 heavy (non-hydrogen) atoms. The Morgan fingerprint density at radius 2 is 1.05 bits per heavy atom. The van der Waals surface area contributed by atoms with E-state index in [0.717, 1.165) is 17.9 Å². The molecule has 0 saturated heterocycles. The molecule has 0 atom stereocenters. The maximum Gasteiger partial charge on any atom is 0.266 e. The Kier molecular flexibility index (Phi) is 9.70. The molecule has 0 fully saturated rings. The van der Waals surface area contributed by atoms with Gasteiger partial charge in [0, 0.05) is 43.3 Å². The summed E-state index contributed by atoms with van der Waals surface area (Å²) in [4.78, 5) is 11.1. The lowest BCUT2D eigenvalue weighted by molar-refractivity contribution is 0.403. The fourth-order valence-electron chi connectivity index (χ4n) is 11.3. The second-order valence-corrected chi connectivity index (χ2v) is 27.4. The van der Waals surface area contributed by atoms with Crippen molar-refractivity contribution in [3.8, 4) is 0 Å². The lowest BCUT2D eigenvalue weighted by atomic mass is 9.36. The zero-order valence-corrected chi connectivity index (χ0v) is 43.8. The lowest BCUT2D eigenvalue weighted by Crippen LogP contribution is -2.61. The molecule has 4 heterocycles. The van der Waals surface area contributed by atoms with Crippen LogP contribution in [0.3, 0.4) is 0 Å². The highest BCUT2D eigenvalue weighted by atomic mass is 32.1. The van der Waals surface area contributed by atoms with Gasteiger partial charge >= 0.3 is 0 Å². The molecule has 6 aromatic rings. The number of nitrogens with zero attached hydrogens (tertiary/aromatic N) is 3. The number of pyridine rings is 1. The summed E-state index contributed by atoms with van der Waals surface area (Å²) in [5, 5.41) is 1.32. The van der Waals surface area contributed by atoms with Gasteiger partial charge < -0.3 is 4.90 Å². The van der Waals surface area contributed by atoms with E-state index in [1.807, 2.05) is 11.3 Å². The van der Waals surface area contributed by atoms with Crippen LogP contribution in [0.4, 0.5) is 34.3 Å². The summed E-state index contributed by atoms with van der Waals surface area (Å²) in [6.07, 6.45) is 1.10. The average Bonchev–Trinajstić information content (AvgIpc) is 3.62. The van der Waals surface area contributed by atoms with Gasteiger partial charge in [-0.1, -0.05) is 162 Å². The molecule has 3 aliphatic rings. The van der Waals surface area contributed by atoms with Crippen molar-refractivity contribution in [2.75, 3.05) is 9.80 Å². The molecule has 0 N–H and O–H groups in total. The second-order valence-electron chi connectivity index (χ2n) is 26.3. The van der Waals surface area contributed by atoms with Crippen LogP contribution in [0.25, 0.3) is 10.1 Å². The van der Waals surface area contributed by atoms with E-state index in [1.165, 1.54) is 93.2 Å². The molecule has 9 rings (SSSR count). The van der Waals surface area contributed by atoms with Crippen molar-refractivity contribution in [2.24, 2.45) is 0 Å². The Balaban J connectivity index is 1.48. The Hall–Kier alpha value is -4.35.